The lowest BCUT2D eigenvalue weighted by molar-refractivity contribution is -0.129. The van der Waals surface area contributed by atoms with E-state index in [0.29, 0.717) is 21.6 Å². The Balaban J connectivity index is 2.92. The molecule has 0 unspecified atom stereocenters. The number of amides is 2. The molecule has 6 heteroatoms. The van der Waals surface area contributed by atoms with Gasteiger partial charge >= 0.3 is 0 Å². The number of benzene rings is 1. The summed E-state index contributed by atoms with van der Waals surface area (Å²) in [5, 5.41) is 0.552. The highest BCUT2D eigenvalue weighted by Gasteiger charge is 2.20. The fourth-order valence-electron chi connectivity index (χ4n) is 1.47. The summed E-state index contributed by atoms with van der Waals surface area (Å²) in [4.78, 5) is 27.0. The second-order valence-electron chi connectivity index (χ2n) is 4.23. The molecule has 104 valence electrons. The van der Waals surface area contributed by atoms with Gasteiger partial charge < -0.3 is 9.80 Å². The number of carbonyl (C=O) groups is 2. The van der Waals surface area contributed by atoms with Crippen molar-refractivity contribution in [3.8, 4) is 0 Å². The van der Waals surface area contributed by atoms with Gasteiger partial charge in [0, 0.05) is 30.1 Å². The Morgan fingerprint density at radius 1 is 1.32 bits per heavy atom. The molecule has 0 radical (unpaired) electrons. The molecule has 1 aromatic carbocycles. The van der Waals surface area contributed by atoms with Crippen LogP contribution in [0.4, 0.5) is 0 Å². The van der Waals surface area contributed by atoms with Gasteiger partial charge in [0.2, 0.25) is 5.91 Å². The highest BCUT2D eigenvalue weighted by molar-refractivity contribution is 9.10. The lowest BCUT2D eigenvalue weighted by Crippen LogP contribution is -2.40. The van der Waals surface area contributed by atoms with E-state index in [1.165, 1.54) is 9.80 Å². The summed E-state index contributed by atoms with van der Waals surface area (Å²) in [7, 11) is 3.33. The molecule has 0 saturated heterocycles. The van der Waals surface area contributed by atoms with Crippen molar-refractivity contribution in [3.63, 3.8) is 0 Å². The van der Waals surface area contributed by atoms with Gasteiger partial charge in [-0.05, 0) is 41.1 Å². The Morgan fingerprint density at radius 3 is 2.42 bits per heavy atom. The Labute approximate surface area is 126 Å². The van der Waals surface area contributed by atoms with E-state index in [1.807, 2.05) is 6.92 Å². The number of nitrogens with zero attached hydrogens (tertiary/aromatic N) is 2. The van der Waals surface area contributed by atoms with Crippen LogP contribution in [0.3, 0.4) is 0 Å². The summed E-state index contributed by atoms with van der Waals surface area (Å²) < 4.78 is 0.626. The molecule has 0 aromatic heterocycles. The zero-order valence-corrected chi connectivity index (χ0v) is 13.5. The van der Waals surface area contributed by atoms with Gasteiger partial charge in [-0.15, -0.1) is 0 Å². The molecule has 0 bridgehead atoms. The Kier molecular flexibility index (Phi) is 5.82. The summed E-state index contributed by atoms with van der Waals surface area (Å²) in [6.07, 6.45) is 0. The first-order valence-electron chi connectivity index (χ1n) is 5.81. The molecule has 1 aromatic rings. The number of carbonyl (C=O) groups excluding carboxylic acids is 2. The fraction of sp³-hybridized carbons (Fsp3) is 0.385. The molecule has 0 aliphatic rings. The molecule has 2 amide bonds. The minimum atomic E-state index is -0.193. The van der Waals surface area contributed by atoms with Crippen molar-refractivity contribution in [1.82, 2.24) is 9.80 Å². The molecule has 1 rings (SSSR count). The second kappa shape index (κ2) is 6.91. The normalized spacial score (nSPS) is 10.2. The third kappa shape index (κ3) is 4.21. The first kappa shape index (κ1) is 16.0. The van der Waals surface area contributed by atoms with E-state index in [1.54, 1.807) is 32.3 Å². The fourth-order valence-corrected chi connectivity index (χ4v) is 2.32. The zero-order valence-electron chi connectivity index (χ0n) is 11.1. The van der Waals surface area contributed by atoms with E-state index in [4.69, 9.17) is 11.6 Å². The summed E-state index contributed by atoms with van der Waals surface area (Å²) >= 11 is 9.16. The topological polar surface area (TPSA) is 40.6 Å². The van der Waals surface area contributed by atoms with Crippen molar-refractivity contribution in [2.24, 2.45) is 0 Å². The summed E-state index contributed by atoms with van der Waals surface area (Å²) in [6, 6.07) is 4.97. The van der Waals surface area contributed by atoms with Crippen LogP contribution < -0.4 is 0 Å². The van der Waals surface area contributed by atoms with Crippen LogP contribution in [-0.2, 0) is 4.79 Å². The van der Waals surface area contributed by atoms with Gasteiger partial charge in [-0.25, -0.2) is 0 Å². The quantitative estimate of drug-likeness (QED) is 0.840. The van der Waals surface area contributed by atoms with Crippen molar-refractivity contribution in [1.29, 1.82) is 0 Å². The van der Waals surface area contributed by atoms with Crippen LogP contribution in [0.2, 0.25) is 5.02 Å². The van der Waals surface area contributed by atoms with Gasteiger partial charge in [-0.1, -0.05) is 11.6 Å². The Bertz CT molecular complexity index is 492. The third-order valence-electron chi connectivity index (χ3n) is 2.66. The summed E-state index contributed by atoms with van der Waals surface area (Å²) in [5.41, 5.74) is 0.498. The number of likely N-dealkylation sites (N-methyl/N-ethyl adjacent to an activating group) is 2. The molecule has 0 atom stereocenters. The molecular formula is C13H16BrClN2O2. The molecule has 0 spiro atoms. The standard InChI is InChI=1S/C13H16BrClN2O2/c1-4-17(8-12(18)16(2)3)13(19)10-6-5-9(15)7-11(10)14/h5-7H,4,8H2,1-3H3. The van der Waals surface area contributed by atoms with Crippen molar-refractivity contribution >= 4 is 39.3 Å². The molecule has 0 heterocycles. The van der Waals surface area contributed by atoms with Gasteiger partial charge in [0.15, 0.2) is 0 Å². The van der Waals surface area contributed by atoms with Gasteiger partial charge in [0.1, 0.15) is 0 Å². The third-order valence-corrected chi connectivity index (χ3v) is 3.55. The number of halogens is 2. The van der Waals surface area contributed by atoms with Crippen molar-refractivity contribution in [3.05, 3.63) is 33.3 Å². The molecular weight excluding hydrogens is 332 g/mol. The van der Waals surface area contributed by atoms with Crippen LogP contribution in [-0.4, -0.2) is 48.8 Å². The lowest BCUT2D eigenvalue weighted by atomic mass is 10.2. The van der Waals surface area contributed by atoms with Crippen LogP contribution in [0.5, 0.6) is 0 Å². The minimum Gasteiger partial charge on any atom is -0.347 e. The number of hydrogen-bond donors (Lipinski definition) is 0. The Hall–Kier alpha value is -1.07. The van der Waals surface area contributed by atoms with E-state index in [-0.39, 0.29) is 18.4 Å². The van der Waals surface area contributed by atoms with Crippen molar-refractivity contribution in [2.45, 2.75) is 6.92 Å². The largest absolute Gasteiger partial charge is 0.347 e. The maximum Gasteiger partial charge on any atom is 0.255 e. The summed E-state index contributed by atoms with van der Waals surface area (Å²) in [5.74, 6) is -0.304. The predicted molar refractivity (Wildman–Crippen MR) is 79.4 cm³/mol. The summed E-state index contributed by atoms with van der Waals surface area (Å²) in [6.45, 7) is 2.37. The predicted octanol–water partition coefficient (Wildman–Crippen LogP) is 2.65. The maximum atomic E-state index is 12.3. The molecule has 0 N–H and O–H groups in total. The van der Waals surface area contributed by atoms with Crippen LogP contribution in [0.25, 0.3) is 0 Å². The van der Waals surface area contributed by atoms with E-state index in [0.717, 1.165) is 0 Å². The zero-order chi connectivity index (χ0) is 14.6. The highest BCUT2D eigenvalue weighted by Crippen LogP contribution is 2.22. The van der Waals surface area contributed by atoms with E-state index >= 15 is 0 Å². The minimum absolute atomic E-state index is 0.0669. The first-order valence-corrected chi connectivity index (χ1v) is 6.98. The molecule has 0 fully saturated rings. The van der Waals surface area contributed by atoms with Crippen LogP contribution in [0.15, 0.2) is 22.7 Å². The molecule has 0 aliphatic carbocycles. The van der Waals surface area contributed by atoms with E-state index < -0.39 is 0 Å². The van der Waals surface area contributed by atoms with Crippen molar-refractivity contribution < 1.29 is 9.59 Å². The van der Waals surface area contributed by atoms with E-state index in [2.05, 4.69) is 15.9 Å². The molecule has 19 heavy (non-hydrogen) atoms. The van der Waals surface area contributed by atoms with Gasteiger partial charge in [-0.2, -0.15) is 0 Å². The lowest BCUT2D eigenvalue weighted by Gasteiger charge is -2.22. The Morgan fingerprint density at radius 2 is 1.95 bits per heavy atom. The maximum absolute atomic E-state index is 12.3. The average Bonchev–Trinajstić information content (AvgIpc) is 2.34. The van der Waals surface area contributed by atoms with E-state index in [9.17, 15) is 9.59 Å². The van der Waals surface area contributed by atoms with Gasteiger partial charge in [-0.3, -0.25) is 9.59 Å². The first-order chi connectivity index (χ1) is 8.86. The monoisotopic (exact) mass is 346 g/mol. The highest BCUT2D eigenvalue weighted by atomic mass is 79.9. The SMILES string of the molecule is CCN(CC(=O)N(C)C)C(=O)c1ccc(Cl)cc1Br. The number of hydrogen-bond acceptors (Lipinski definition) is 2. The van der Waals surface area contributed by atoms with Crippen LogP contribution >= 0.6 is 27.5 Å². The molecule has 4 nitrogen and oxygen atoms in total. The van der Waals surface area contributed by atoms with Gasteiger partial charge in [0.25, 0.3) is 5.91 Å². The van der Waals surface area contributed by atoms with Crippen molar-refractivity contribution in [2.75, 3.05) is 27.2 Å². The van der Waals surface area contributed by atoms with Gasteiger partial charge in [0.05, 0.1) is 12.1 Å². The number of rotatable bonds is 4. The average molecular weight is 348 g/mol. The van der Waals surface area contributed by atoms with Crippen LogP contribution in [0.1, 0.15) is 17.3 Å². The molecule has 0 saturated carbocycles. The second-order valence-corrected chi connectivity index (χ2v) is 5.52. The smallest absolute Gasteiger partial charge is 0.255 e. The van der Waals surface area contributed by atoms with Crippen LogP contribution in [0, 0.1) is 0 Å². The molecule has 0 aliphatic heterocycles.